The van der Waals surface area contributed by atoms with Crippen LogP contribution < -0.4 is 0 Å². The Kier molecular flexibility index (Phi) is 3.31. The highest BCUT2D eigenvalue weighted by atomic mass is 16.5. The van der Waals surface area contributed by atoms with Gasteiger partial charge in [0.1, 0.15) is 0 Å². The molecule has 1 heterocycles. The maximum Gasteiger partial charge on any atom is 0.0846 e. The van der Waals surface area contributed by atoms with E-state index in [2.05, 4.69) is 32.9 Å². The van der Waals surface area contributed by atoms with E-state index < -0.39 is 0 Å². The average molecular weight is 220 g/mol. The van der Waals surface area contributed by atoms with E-state index in [0.29, 0.717) is 6.61 Å². The highest BCUT2D eigenvalue weighted by Gasteiger charge is 2.27. The van der Waals surface area contributed by atoms with Crippen LogP contribution in [0.2, 0.25) is 0 Å². The first-order valence-electron chi connectivity index (χ1n) is 5.93. The monoisotopic (exact) mass is 220 g/mol. The predicted octanol–water partition coefficient (Wildman–Crippen LogP) is 2.68. The van der Waals surface area contributed by atoms with Crippen LogP contribution in [-0.2, 0) is 4.74 Å². The number of rotatable bonds is 2. The van der Waals surface area contributed by atoms with Crippen LogP contribution in [0.25, 0.3) is 0 Å². The summed E-state index contributed by atoms with van der Waals surface area (Å²) in [6.07, 6.45) is 0.594. The summed E-state index contributed by atoms with van der Waals surface area (Å²) in [7, 11) is 0. The van der Waals surface area contributed by atoms with Gasteiger partial charge < -0.3 is 9.84 Å². The Morgan fingerprint density at radius 3 is 2.38 bits per heavy atom. The van der Waals surface area contributed by atoms with Gasteiger partial charge in [0.2, 0.25) is 0 Å². The Labute approximate surface area is 97.3 Å². The Hall–Kier alpha value is -0.860. The van der Waals surface area contributed by atoms with Crippen LogP contribution >= 0.6 is 0 Å². The smallest absolute Gasteiger partial charge is 0.0846 e. The fourth-order valence-electron chi connectivity index (χ4n) is 2.70. The summed E-state index contributed by atoms with van der Waals surface area (Å²) in [5.74, 6) is 0.264. The lowest BCUT2D eigenvalue weighted by Gasteiger charge is -2.21. The van der Waals surface area contributed by atoms with Gasteiger partial charge in [-0.1, -0.05) is 17.7 Å². The second-order valence-corrected chi connectivity index (χ2v) is 4.88. The van der Waals surface area contributed by atoms with E-state index in [0.717, 1.165) is 18.6 Å². The van der Waals surface area contributed by atoms with Crippen molar-refractivity contribution in [1.82, 2.24) is 0 Å². The summed E-state index contributed by atoms with van der Waals surface area (Å²) >= 11 is 0. The lowest BCUT2D eigenvalue weighted by Crippen LogP contribution is -2.15. The number of ether oxygens (including phenoxy) is 1. The van der Waals surface area contributed by atoms with Gasteiger partial charge in [-0.05, 0) is 43.9 Å². The summed E-state index contributed by atoms with van der Waals surface area (Å²) in [6.45, 7) is 7.72. The van der Waals surface area contributed by atoms with Crippen LogP contribution in [0.15, 0.2) is 12.1 Å². The van der Waals surface area contributed by atoms with E-state index >= 15 is 0 Å². The number of aryl methyl sites for hydroxylation is 3. The van der Waals surface area contributed by atoms with E-state index in [1.165, 1.54) is 16.7 Å². The molecule has 2 unspecified atom stereocenters. The van der Waals surface area contributed by atoms with Crippen molar-refractivity contribution in [1.29, 1.82) is 0 Å². The minimum atomic E-state index is -0.372. The topological polar surface area (TPSA) is 29.5 Å². The summed E-state index contributed by atoms with van der Waals surface area (Å²) in [5, 5.41) is 10.4. The molecule has 0 amide bonds. The molecule has 88 valence electrons. The Balaban J connectivity index is 2.31. The van der Waals surface area contributed by atoms with Crippen molar-refractivity contribution in [3.05, 3.63) is 34.4 Å². The van der Waals surface area contributed by atoms with E-state index in [4.69, 9.17) is 4.74 Å². The van der Waals surface area contributed by atoms with E-state index in [1.54, 1.807) is 0 Å². The fourth-order valence-corrected chi connectivity index (χ4v) is 2.70. The first-order valence-corrected chi connectivity index (χ1v) is 5.93. The quantitative estimate of drug-likeness (QED) is 0.830. The molecule has 0 aliphatic carbocycles. The van der Waals surface area contributed by atoms with Crippen molar-refractivity contribution in [3.8, 4) is 0 Å². The third-order valence-corrected chi connectivity index (χ3v) is 3.45. The molecule has 1 N–H and O–H groups in total. The van der Waals surface area contributed by atoms with Crippen molar-refractivity contribution in [2.24, 2.45) is 5.92 Å². The largest absolute Gasteiger partial charge is 0.388 e. The van der Waals surface area contributed by atoms with Gasteiger partial charge in [0.15, 0.2) is 0 Å². The van der Waals surface area contributed by atoms with Gasteiger partial charge in [-0.2, -0.15) is 0 Å². The first-order chi connectivity index (χ1) is 7.59. The summed E-state index contributed by atoms with van der Waals surface area (Å²) in [4.78, 5) is 0. The molecule has 1 aliphatic rings. The first kappa shape index (κ1) is 11.6. The number of aliphatic hydroxyl groups is 1. The minimum absolute atomic E-state index is 0.264. The average Bonchev–Trinajstić information content (AvgIpc) is 2.67. The lowest BCUT2D eigenvalue weighted by atomic mass is 9.88. The molecule has 1 aromatic carbocycles. The molecular formula is C14H20O2. The molecule has 1 fully saturated rings. The molecular weight excluding hydrogens is 200 g/mol. The molecule has 0 aromatic heterocycles. The van der Waals surface area contributed by atoms with Crippen molar-refractivity contribution in [2.75, 3.05) is 13.2 Å². The van der Waals surface area contributed by atoms with Crippen LogP contribution in [0.4, 0.5) is 0 Å². The third kappa shape index (κ3) is 2.13. The van der Waals surface area contributed by atoms with Gasteiger partial charge in [0, 0.05) is 12.5 Å². The highest BCUT2D eigenvalue weighted by Crippen LogP contribution is 2.32. The third-order valence-electron chi connectivity index (χ3n) is 3.45. The van der Waals surface area contributed by atoms with Crippen molar-refractivity contribution in [2.45, 2.75) is 33.3 Å². The molecule has 0 spiro atoms. The van der Waals surface area contributed by atoms with Crippen LogP contribution in [0.5, 0.6) is 0 Å². The second-order valence-electron chi connectivity index (χ2n) is 4.88. The van der Waals surface area contributed by atoms with Crippen LogP contribution in [0, 0.1) is 26.7 Å². The fraction of sp³-hybridized carbons (Fsp3) is 0.571. The minimum Gasteiger partial charge on any atom is -0.388 e. The van der Waals surface area contributed by atoms with E-state index in [9.17, 15) is 5.11 Å². The Morgan fingerprint density at radius 2 is 1.88 bits per heavy atom. The molecule has 0 radical (unpaired) electrons. The van der Waals surface area contributed by atoms with Gasteiger partial charge in [-0.15, -0.1) is 0 Å². The molecule has 1 aliphatic heterocycles. The van der Waals surface area contributed by atoms with Crippen LogP contribution in [0.1, 0.15) is 34.8 Å². The number of benzene rings is 1. The Morgan fingerprint density at radius 1 is 1.25 bits per heavy atom. The molecule has 1 aromatic rings. The summed E-state index contributed by atoms with van der Waals surface area (Å²) in [5.41, 5.74) is 4.74. The number of hydrogen-bond donors (Lipinski definition) is 1. The van der Waals surface area contributed by atoms with Crippen LogP contribution in [0.3, 0.4) is 0 Å². The zero-order valence-corrected chi connectivity index (χ0v) is 10.3. The zero-order chi connectivity index (χ0) is 11.7. The van der Waals surface area contributed by atoms with Crippen molar-refractivity contribution >= 4 is 0 Å². The lowest BCUT2D eigenvalue weighted by molar-refractivity contribution is 0.0908. The summed E-state index contributed by atoms with van der Waals surface area (Å²) in [6, 6.07) is 4.28. The summed E-state index contributed by atoms with van der Waals surface area (Å²) < 4.78 is 5.34. The van der Waals surface area contributed by atoms with Gasteiger partial charge in [0.05, 0.1) is 12.7 Å². The SMILES string of the molecule is Cc1cc(C)c(C(O)C2CCOC2)c(C)c1. The molecule has 0 saturated carbocycles. The molecule has 1 saturated heterocycles. The Bertz CT molecular complexity index is 355. The van der Waals surface area contributed by atoms with E-state index in [1.807, 2.05) is 0 Å². The maximum atomic E-state index is 10.4. The van der Waals surface area contributed by atoms with E-state index in [-0.39, 0.29) is 12.0 Å². The molecule has 2 rings (SSSR count). The normalized spacial score (nSPS) is 22.4. The number of hydrogen-bond acceptors (Lipinski definition) is 2. The number of aliphatic hydroxyl groups excluding tert-OH is 1. The maximum absolute atomic E-state index is 10.4. The molecule has 2 heteroatoms. The van der Waals surface area contributed by atoms with Gasteiger partial charge in [0.25, 0.3) is 0 Å². The standard InChI is InChI=1S/C14H20O2/c1-9-6-10(2)13(11(3)7-9)14(15)12-4-5-16-8-12/h6-7,12,14-15H,4-5,8H2,1-3H3. The highest BCUT2D eigenvalue weighted by molar-refractivity contribution is 5.39. The van der Waals surface area contributed by atoms with Crippen molar-refractivity contribution in [3.63, 3.8) is 0 Å². The van der Waals surface area contributed by atoms with Crippen LogP contribution in [-0.4, -0.2) is 18.3 Å². The molecule has 0 bridgehead atoms. The van der Waals surface area contributed by atoms with Gasteiger partial charge >= 0.3 is 0 Å². The van der Waals surface area contributed by atoms with Gasteiger partial charge in [-0.25, -0.2) is 0 Å². The molecule has 2 nitrogen and oxygen atoms in total. The van der Waals surface area contributed by atoms with Crippen molar-refractivity contribution < 1.29 is 9.84 Å². The molecule has 2 atom stereocenters. The van der Waals surface area contributed by atoms with Gasteiger partial charge in [-0.3, -0.25) is 0 Å². The molecule has 16 heavy (non-hydrogen) atoms. The predicted molar refractivity (Wildman–Crippen MR) is 64.5 cm³/mol. The second kappa shape index (κ2) is 4.56. The zero-order valence-electron chi connectivity index (χ0n) is 10.3.